The molecule has 3 atom stereocenters. The summed E-state index contributed by atoms with van der Waals surface area (Å²) in [5, 5.41) is 10.6. The maximum atomic E-state index is 13.1. The number of esters is 1. The van der Waals surface area contributed by atoms with Gasteiger partial charge in [-0.2, -0.15) is 14.7 Å². The molecular formula is C25H29N7O4. The first kappa shape index (κ1) is 23.6. The van der Waals surface area contributed by atoms with E-state index in [1.165, 1.54) is 12.0 Å². The molecule has 36 heavy (non-hydrogen) atoms. The van der Waals surface area contributed by atoms with E-state index in [0.717, 1.165) is 23.4 Å². The number of anilines is 1. The number of likely N-dealkylation sites (tertiary alicyclic amines) is 1. The summed E-state index contributed by atoms with van der Waals surface area (Å²) in [4.78, 5) is 31.9. The van der Waals surface area contributed by atoms with E-state index in [1.54, 1.807) is 16.8 Å². The van der Waals surface area contributed by atoms with Gasteiger partial charge in [0.05, 0.1) is 19.0 Å². The largest absolute Gasteiger partial charge is 0.467 e. The number of hydrazone groups is 1. The number of nitrogen functional groups attached to an aromatic ring is 1. The van der Waals surface area contributed by atoms with Gasteiger partial charge in [-0.05, 0) is 18.4 Å². The average molecular weight is 492 g/mol. The van der Waals surface area contributed by atoms with Gasteiger partial charge in [-0.25, -0.2) is 14.6 Å². The minimum absolute atomic E-state index is 0.0640. The summed E-state index contributed by atoms with van der Waals surface area (Å²) in [6.07, 6.45) is 4.16. The molecule has 0 aliphatic carbocycles. The number of rotatable bonds is 5. The van der Waals surface area contributed by atoms with Crippen molar-refractivity contribution in [1.82, 2.24) is 24.5 Å². The Morgan fingerprint density at radius 2 is 1.97 bits per heavy atom. The molecule has 1 saturated heterocycles. The van der Waals surface area contributed by atoms with E-state index >= 15 is 0 Å². The number of ether oxygens (including phenoxy) is 2. The van der Waals surface area contributed by atoms with Gasteiger partial charge in [0, 0.05) is 49.8 Å². The average Bonchev–Trinajstić information content (AvgIpc) is 3.53. The molecule has 0 bridgehead atoms. The molecule has 1 aromatic carbocycles. The zero-order chi connectivity index (χ0) is 25.2. The number of hydrogen-bond acceptors (Lipinski definition) is 9. The molecule has 2 N–H and O–H groups in total. The fraction of sp³-hybridized carbons (Fsp3) is 0.400. The van der Waals surface area contributed by atoms with E-state index in [9.17, 15) is 9.59 Å². The highest BCUT2D eigenvalue weighted by Crippen LogP contribution is 2.33. The van der Waals surface area contributed by atoms with Gasteiger partial charge in [-0.15, -0.1) is 0 Å². The van der Waals surface area contributed by atoms with Crippen molar-refractivity contribution < 1.29 is 19.1 Å². The molecular weight excluding hydrogens is 462 g/mol. The highest BCUT2D eigenvalue weighted by atomic mass is 16.6. The Kier molecular flexibility index (Phi) is 6.45. The van der Waals surface area contributed by atoms with Gasteiger partial charge in [-0.1, -0.05) is 30.3 Å². The monoisotopic (exact) mass is 491 g/mol. The molecule has 0 radical (unpaired) electrons. The zero-order valence-electron chi connectivity index (χ0n) is 20.3. The number of nitrogens with zero attached hydrogens (tertiary/aromatic N) is 6. The molecule has 2 aromatic heterocycles. The molecule has 188 valence electrons. The van der Waals surface area contributed by atoms with E-state index in [-0.39, 0.29) is 25.0 Å². The van der Waals surface area contributed by atoms with Crippen LogP contribution >= 0.6 is 0 Å². The van der Waals surface area contributed by atoms with Crippen LogP contribution in [0.3, 0.4) is 0 Å². The summed E-state index contributed by atoms with van der Waals surface area (Å²) in [5.74, 6) is -0.0760. The second kappa shape index (κ2) is 9.84. The van der Waals surface area contributed by atoms with Crippen molar-refractivity contribution in [2.75, 3.05) is 33.0 Å². The highest BCUT2D eigenvalue weighted by Gasteiger charge is 2.39. The number of carbonyl (C=O) groups is 2. The summed E-state index contributed by atoms with van der Waals surface area (Å²) in [6, 6.07) is 10.5. The van der Waals surface area contributed by atoms with E-state index < -0.39 is 18.1 Å². The first-order valence-electron chi connectivity index (χ1n) is 11.9. The molecule has 1 unspecified atom stereocenters. The molecule has 3 aromatic rings. The number of benzene rings is 1. The van der Waals surface area contributed by atoms with E-state index in [0.29, 0.717) is 24.3 Å². The van der Waals surface area contributed by atoms with Crippen LogP contribution in [0.5, 0.6) is 0 Å². The molecule has 5 rings (SSSR count). The van der Waals surface area contributed by atoms with Crippen molar-refractivity contribution in [3.63, 3.8) is 0 Å². The number of likely N-dealkylation sites (N-methyl/N-ethyl adjacent to an activating group) is 1. The topological polar surface area (TPSA) is 128 Å². The quantitative estimate of drug-likeness (QED) is 0.539. The van der Waals surface area contributed by atoms with Gasteiger partial charge in [-0.3, -0.25) is 9.91 Å². The normalized spacial score (nSPS) is 21.7. The molecule has 11 nitrogen and oxygen atoms in total. The maximum absolute atomic E-state index is 13.1. The van der Waals surface area contributed by atoms with Crippen LogP contribution in [0.1, 0.15) is 41.5 Å². The molecule has 11 heteroatoms. The molecule has 2 aliphatic rings. The molecule has 0 saturated carbocycles. The SMILES string of the molecule is COC(=O)[C@@H]1CC[C@H](c2cc(N)n3ncc(C4C=NN(C)C4)c3n2)CN1C(=O)OCc1ccccc1. The summed E-state index contributed by atoms with van der Waals surface area (Å²) in [7, 11) is 3.24. The number of nitrogens with two attached hydrogens (primary N) is 1. The van der Waals surface area contributed by atoms with Gasteiger partial charge in [0.1, 0.15) is 18.5 Å². The Morgan fingerprint density at radius 3 is 2.69 bits per heavy atom. The number of methoxy groups -OCH3 is 1. The minimum Gasteiger partial charge on any atom is -0.467 e. The van der Waals surface area contributed by atoms with Crippen molar-refractivity contribution in [1.29, 1.82) is 0 Å². The smallest absolute Gasteiger partial charge is 0.410 e. The van der Waals surface area contributed by atoms with Gasteiger partial charge in [0.15, 0.2) is 5.65 Å². The molecule has 4 heterocycles. The second-order valence-electron chi connectivity index (χ2n) is 9.16. The van der Waals surface area contributed by atoms with Crippen LogP contribution < -0.4 is 5.73 Å². The van der Waals surface area contributed by atoms with Crippen molar-refractivity contribution in [3.05, 3.63) is 59.4 Å². The Bertz CT molecular complexity index is 1290. The maximum Gasteiger partial charge on any atom is 0.410 e. The van der Waals surface area contributed by atoms with Crippen LogP contribution in [0.4, 0.5) is 10.6 Å². The lowest BCUT2D eigenvalue weighted by Gasteiger charge is -2.37. The summed E-state index contributed by atoms with van der Waals surface area (Å²) in [5.41, 5.74) is 9.57. The lowest BCUT2D eigenvalue weighted by Crippen LogP contribution is -2.50. The first-order valence-corrected chi connectivity index (χ1v) is 11.9. The predicted molar refractivity (Wildman–Crippen MR) is 132 cm³/mol. The summed E-state index contributed by atoms with van der Waals surface area (Å²) < 4.78 is 12.1. The standard InChI is InChI=1S/C25H29N7O4/c1-30-13-18(11-27-30)19-12-28-32-22(26)10-20(29-23(19)32)17-8-9-21(24(33)35-2)31(14-17)25(34)36-15-16-6-4-3-5-7-16/h3-7,10-12,17-18,21H,8-9,13-15,26H2,1-2H3/t17-,18?,21-/m0/s1. The van der Waals surface area contributed by atoms with Crippen LogP contribution in [0.2, 0.25) is 0 Å². The minimum atomic E-state index is -0.716. The number of piperidine rings is 1. The van der Waals surface area contributed by atoms with Crippen LogP contribution in [0.25, 0.3) is 5.65 Å². The predicted octanol–water partition coefficient (Wildman–Crippen LogP) is 2.38. The number of aromatic nitrogens is 3. The number of carbonyl (C=O) groups excluding carboxylic acids is 2. The van der Waals surface area contributed by atoms with Gasteiger partial charge < -0.3 is 15.2 Å². The van der Waals surface area contributed by atoms with E-state index in [4.69, 9.17) is 20.2 Å². The summed E-state index contributed by atoms with van der Waals surface area (Å²) >= 11 is 0. The van der Waals surface area contributed by atoms with Crippen LogP contribution in [0.15, 0.2) is 47.7 Å². The van der Waals surface area contributed by atoms with Crippen LogP contribution in [-0.2, 0) is 20.9 Å². The zero-order valence-corrected chi connectivity index (χ0v) is 20.3. The molecule has 1 fully saturated rings. The van der Waals surface area contributed by atoms with Crippen molar-refractivity contribution in [2.45, 2.75) is 37.3 Å². The van der Waals surface area contributed by atoms with Gasteiger partial charge in [0.25, 0.3) is 0 Å². The Balaban J connectivity index is 1.40. The van der Waals surface area contributed by atoms with E-state index in [1.807, 2.05) is 48.6 Å². The lowest BCUT2D eigenvalue weighted by molar-refractivity contribution is -0.147. The Hall–Kier alpha value is -4.15. The second-order valence-corrected chi connectivity index (χ2v) is 9.16. The van der Waals surface area contributed by atoms with Gasteiger partial charge in [0.2, 0.25) is 0 Å². The third kappa shape index (κ3) is 4.56. The van der Waals surface area contributed by atoms with Crippen molar-refractivity contribution in [2.24, 2.45) is 5.10 Å². The fourth-order valence-corrected chi connectivity index (χ4v) is 4.84. The highest BCUT2D eigenvalue weighted by molar-refractivity contribution is 5.81. The van der Waals surface area contributed by atoms with Crippen LogP contribution in [0, 0.1) is 0 Å². The number of amides is 1. The number of hydrogen-bond donors (Lipinski definition) is 1. The van der Waals surface area contributed by atoms with Crippen LogP contribution in [-0.4, -0.2) is 76.1 Å². The molecule has 2 aliphatic heterocycles. The third-order valence-electron chi connectivity index (χ3n) is 6.76. The molecule has 1 amide bonds. The summed E-state index contributed by atoms with van der Waals surface area (Å²) in [6.45, 7) is 1.11. The fourth-order valence-electron chi connectivity index (χ4n) is 4.84. The Labute approximate surface area is 208 Å². The third-order valence-corrected chi connectivity index (χ3v) is 6.76. The van der Waals surface area contributed by atoms with E-state index in [2.05, 4.69) is 10.2 Å². The van der Waals surface area contributed by atoms with Gasteiger partial charge >= 0.3 is 12.1 Å². The first-order chi connectivity index (χ1) is 17.4. The van der Waals surface area contributed by atoms with Crippen molar-refractivity contribution in [3.8, 4) is 0 Å². The Morgan fingerprint density at radius 1 is 1.17 bits per heavy atom. The van der Waals surface area contributed by atoms with Crippen molar-refractivity contribution >= 4 is 29.7 Å². The number of fused-ring (bicyclic) bond motifs is 1. The lowest BCUT2D eigenvalue weighted by atomic mass is 9.90. The molecule has 0 spiro atoms.